The molecule has 0 aliphatic rings. The standard InChI is InChI=1S/C63H38N4OS/c1-4-16-39(17-5-1)41-31-34-53-51(36-41)46-33-30-43(38-54(46)67(53)44-20-8-3-9-21-44)42-32-35-55-52(37-42)59-50(26-14-27-56(59)68-55)63-65-61(40-18-6-2-7-19-40)64-62(66-63)48-23-11-10-22-45(48)47-25-15-29-58-60(47)49-24-12-13-28-57(49)69-58/h1-38H. The van der Waals surface area contributed by atoms with Gasteiger partial charge in [0.2, 0.25) is 0 Å². The topological polar surface area (TPSA) is 56.7 Å². The highest BCUT2D eigenvalue weighted by Gasteiger charge is 2.22. The van der Waals surface area contributed by atoms with Crippen LogP contribution < -0.4 is 0 Å². The zero-order valence-corrected chi connectivity index (χ0v) is 37.9. The molecule has 322 valence electrons. The van der Waals surface area contributed by atoms with Crippen LogP contribution >= 0.6 is 11.3 Å². The lowest BCUT2D eigenvalue weighted by molar-refractivity contribution is 0.669. The Bertz CT molecular complexity index is 4310. The lowest BCUT2D eigenvalue weighted by Crippen LogP contribution is -2.01. The Morgan fingerprint density at radius 3 is 1.75 bits per heavy atom. The first kappa shape index (κ1) is 39.2. The van der Waals surface area contributed by atoms with Gasteiger partial charge in [0.05, 0.1) is 11.0 Å². The molecule has 0 fully saturated rings. The highest BCUT2D eigenvalue weighted by atomic mass is 32.1. The van der Waals surface area contributed by atoms with Gasteiger partial charge in [-0.1, -0.05) is 170 Å². The first-order valence-corrected chi connectivity index (χ1v) is 24.0. The van der Waals surface area contributed by atoms with Crippen LogP contribution in [0.1, 0.15) is 0 Å². The first-order valence-electron chi connectivity index (χ1n) is 23.2. The minimum absolute atomic E-state index is 0.579. The van der Waals surface area contributed by atoms with Crippen LogP contribution in [0.4, 0.5) is 0 Å². The summed E-state index contributed by atoms with van der Waals surface area (Å²) in [4.78, 5) is 15.9. The van der Waals surface area contributed by atoms with Crippen molar-refractivity contribution in [2.24, 2.45) is 0 Å². The molecular weight excluding hydrogens is 861 g/mol. The summed E-state index contributed by atoms with van der Waals surface area (Å²) < 4.78 is 11.5. The fourth-order valence-electron chi connectivity index (χ4n) is 10.3. The Kier molecular flexibility index (Phi) is 9.00. The van der Waals surface area contributed by atoms with Gasteiger partial charge in [-0.25, -0.2) is 15.0 Å². The molecule has 4 heterocycles. The predicted molar refractivity (Wildman–Crippen MR) is 287 cm³/mol. The lowest BCUT2D eigenvalue weighted by Gasteiger charge is -2.13. The van der Waals surface area contributed by atoms with Crippen molar-refractivity contribution < 1.29 is 4.42 Å². The molecule has 0 saturated heterocycles. The van der Waals surface area contributed by atoms with Gasteiger partial charge in [0.25, 0.3) is 0 Å². The van der Waals surface area contributed by atoms with E-state index in [0.717, 1.165) is 72.1 Å². The first-order chi connectivity index (χ1) is 34.2. The molecule has 0 spiro atoms. The zero-order chi connectivity index (χ0) is 45.4. The van der Waals surface area contributed by atoms with Crippen LogP contribution in [-0.4, -0.2) is 19.5 Å². The second kappa shape index (κ2) is 15.8. The van der Waals surface area contributed by atoms with Crippen molar-refractivity contribution in [1.82, 2.24) is 19.5 Å². The van der Waals surface area contributed by atoms with E-state index in [-0.39, 0.29) is 0 Å². The van der Waals surface area contributed by atoms with Gasteiger partial charge in [0.1, 0.15) is 11.2 Å². The molecule has 0 saturated carbocycles. The fourth-order valence-corrected chi connectivity index (χ4v) is 11.4. The number of rotatable bonds is 7. The number of thiophene rings is 1. The van der Waals surface area contributed by atoms with Crippen LogP contribution in [0.25, 0.3) is 137 Å². The maximum absolute atomic E-state index is 6.64. The molecule has 69 heavy (non-hydrogen) atoms. The molecule has 14 rings (SSSR count). The SMILES string of the molecule is c1ccc(-c2ccc3c(c2)c2ccc(-c4ccc5oc6cccc(-c7nc(-c8ccccc8)nc(-c8ccccc8-c8cccc9sc%10ccccc%10c89)n7)c6c5c4)cc2n3-c2ccccc2)cc1. The number of aromatic nitrogens is 4. The van der Waals surface area contributed by atoms with Crippen molar-refractivity contribution in [2.45, 2.75) is 0 Å². The summed E-state index contributed by atoms with van der Waals surface area (Å²) in [5, 5.41) is 6.86. The Morgan fingerprint density at radius 1 is 0.319 bits per heavy atom. The molecular formula is C63H38N4OS. The minimum atomic E-state index is 0.579. The molecule has 0 bridgehead atoms. The molecule has 14 aromatic rings. The zero-order valence-electron chi connectivity index (χ0n) is 37.0. The molecule has 0 amide bonds. The van der Waals surface area contributed by atoms with E-state index in [1.54, 1.807) is 0 Å². The van der Waals surface area contributed by atoms with E-state index in [1.807, 2.05) is 41.7 Å². The van der Waals surface area contributed by atoms with Gasteiger partial charge in [-0.05, 0) is 94.0 Å². The van der Waals surface area contributed by atoms with Crippen LogP contribution in [0, 0.1) is 0 Å². The molecule has 10 aromatic carbocycles. The number of nitrogens with zero attached hydrogens (tertiary/aromatic N) is 4. The highest BCUT2D eigenvalue weighted by molar-refractivity contribution is 7.25. The van der Waals surface area contributed by atoms with E-state index in [9.17, 15) is 0 Å². The summed E-state index contributed by atoms with van der Waals surface area (Å²) in [6.07, 6.45) is 0. The van der Waals surface area contributed by atoms with E-state index >= 15 is 0 Å². The number of hydrogen-bond acceptors (Lipinski definition) is 5. The van der Waals surface area contributed by atoms with Crippen LogP contribution in [0.3, 0.4) is 0 Å². The minimum Gasteiger partial charge on any atom is -0.456 e. The number of benzene rings is 10. The maximum atomic E-state index is 6.64. The third kappa shape index (κ3) is 6.49. The fraction of sp³-hybridized carbons (Fsp3) is 0. The van der Waals surface area contributed by atoms with Crippen LogP contribution in [0.5, 0.6) is 0 Å². The van der Waals surface area contributed by atoms with Crippen LogP contribution in [0.15, 0.2) is 235 Å². The summed E-state index contributed by atoms with van der Waals surface area (Å²) >= 11 is 1.82. The summed E-state index contributed by atoms with van der Waals surface area (Å²) in [5.41, 5.74) is 14.5. The Morgan fingerprint density at radius 2 is 0.913 bits per heavy atom. The van der Waals surface area contributed by atoms with E-state index in [0.29, 0.717) is 17.5 Å². The average Bonchev–Trinajstić information content (AvgIpc) is 4.10. The van der Waals surface area contributed by atoms with Gasteiger partial charge in [-0.3, -0.25) is 0 Å². The third-order valence-corrected chi connectivity index (χ3v) is 14.6. The van der Waals surface area contributed by atoms with Gasteiger partial charge >= 0.3 is 0 Å². The Balaban J connectivity index is 0.947. The smallest absolute Gasteiger partial charge is 0.164 e. The molecule has 0 N–H and O–H groups in total. The van der Waals surface area contributed by atoms with Crippen molar-refractivity contribution >= 4 is 75.3 Å². The molecule has 5 nitrogen and oxygen atoms in total. The second-order valence-corrected chi connectivity index (χ2v) is 18.6. The quantitative estimate of drug-likeness (QED) is 0.160. The molecule has 4 aromatic heterocycles. The molecule has 0 aliphatic heterocycles. The number of fused-ring (bicyclic) bond motifs is 9. The van der Waals surface area contributed by atoms with Crippen molar-refractivity contribution in [3.05, 3.63) is 231 Å². The van der Waals surface area contributed by atoms with Crippen LogP contribution in [-0.2, 0) is 0 Å². The summed E-state index contributed by atoms with van der Waals surface area (Å²) in [6, 6.07) is 81.6. The molecule has 0 atom stereocenters. The van der Waals surface area contributed by atoms with E-state index < -0.39 is 0 Å². The van der Waals surface area contributed by atoms with E-state index in [2.05, 4.69) is 205 Å². The van der Waals surface area contributed by atoms with Gasteiger partial charge in [-0.15, -0.1) is 11.3 Å². The Labute approximate surface area is 400 Å². The van der Waals surface area contributed by atoms with Gasteiger partial charge in [0, 0.05) is 64.1 Å². The number of furan rings is 1. The molecule has 0 radical (unpaired) electrons. The number of para-hydroxylation sites is 1. The maximum Gasteiger partial charge on any atom is 0.164 e. The summed E-state index contributed by atoms with van der Waals surface area (Å²) in [6.45, 7) is 0. The molecule has 6 heteroatoms. The Hall–Kier alpha value is -8.97. The summed E-state index contributed by atoms with van der Waals surface area (Å²) in [7, 11) is 0. The summed E-state index contributed by atoms with van der Waals surface area (Å²) in [5.74, 6) is 1.79. The monoisotopic (exact) mass is 898 g/mol. The van der Waals surface area contributed by atoms with Crippen molar-refractivity contribution in [2.75, 3.05) is 0 Å². The largest absolute Gasteiger partial charge is 0.456 e. The van der Waals surface area contributed by atoms with Gasteiger partial charge in [0.15, 0.2) is 17.5 Å². The lowest BCUT2D eigenvalue weighted by atomic mass is 9.95. The van der Waals surface area contributed by atoms with E-state index in [1.165, 1.54) is 47.6 Å². The molecule has 0 aliphatic carbocycles. The van der Waals surface area contributed by atoms with Crippen molar-refractivity contribution in [3.63, 3.8) is 0 Å². The van der Waals surface area contributed by atoms with Crippen LogP contribution in [0.2, 0.25) is 0 Å². The highest BCUT2D eigenvalue weighted by Crippen LogP contribution is 2.44. The van der Waals surface area contributed by atoms with Gasteiger partial charge in [-0.2, -0.15) is 0 Å². The third-order valence-electron chi connectivity index (χ3n) is 13.5. The average molecular weight is 899 g/mol. The second-order valence-electron chi connectivity index (χ2n) is 17.5. The molecule has 0 unspecified atom stereocenters. The van der Waals surface area contributed by atoms with Crippen molar-refractivity contribution in [3.8, 4) is 73.2 Å². The van der Waals surface area contributed by atoms with Gasteiger partial charge < -0.3 is 8.98 Å². The normalized spacial score (nSPS) is 11.8. The number of hydrogen-bond donors (Lipinski definition) is 0. The predicted octanol–water partition coefficient (Wildman–Crippen LogP) is 17.2. The van der Waals surface area contributed by atoms with Crippen molar-refractivity contribution in [1.29, 1.82) is 0 Å². The van der Waals surface area contributed by atoms with E-state index in [4.69, 9.17) is 19.4 Å².